The van der Waals surface area contributed by atoms with Crippen molar-refractivity contribution in [2.75, 3.05) is 0 Å². The summed E-state index contributed by atoms with van der Waals surface area (Å²) in [7, 11) is 0. The monoisotopic (exact) mass is 324 g/mol. The lowest BCUT2D eigenvalue weighted by molar-refractivity contribution is -0.386. The Balaban J connectivity index is 0.00000361. The summed E-state index contributed by atoms with van der Waals surface area (Å²) in [5.74, 6) is -6.53. The molecule has 0 saturated heterocycles. The van der Waals surface area contributed by atoms with Crippen LogP contribution in [0.15, 0.2) is 18.2 Å². The van der Waals surface area contributed by atoms with Gasteiger partial charge in [0, 0.05) is 0 Å². The van der Waals surface area contributed by atoms with E-state index >= 15 is 0 Å². The number of halogens is 7. The number of hydrogen-bond acceptors (Lipinski definition) is 3. The molecule has 0 radical (unpaired) electrons. The van der Waals surface area contributed by atoms with Gasteiger partial charge < -0.3 is 5.73 Å². The molecule has 1 aromatic carbocycles. The van der Waals surface area contributed by atoms with Crippen molar-refractivity contribution in [2.24, 2.45) is 5.73 Å². The Kier molecular flexibility index (Phi) is 5.38. The Morgan fingerprint density at radius 2 is 1.70 bits per heavy atom. The molecule has 0 bridgehead atoms. The number of hydrogen-bond donors (Lipinski definition) is 1. The molecule has 114 valence electrons. The predicted octanol–water partition coefficient (Wildman–Crippen LogP) is 3.35. The quantitative estimate of drug-likeness (QED) is 0.526. The molecule has 0 unspecified atom stereocenters. The standard InChI is InChI=1S/C9H6F6N2O2.ClH/c10-4-1-2-5(6(3-4)17(18)19)7(16)8(11,12)9(13,14)15;/h1-3,7H,16H2;1H/t7-;/m1./s1. The summed E-state index contributed by atoms with van der Waals surface area (Å²) >= 11 is 0. The zero-order valence-corrected chi connectivity index (χ0v) is 10.1. The second-order valence-corrected chi connectivity index (χ2v) is 3.56. The third kappa shape index (κ3) is 3.31. The summed E-state index contributed by atoms with van der Waals surface area (Å²) in [6.07, 6.45) is -5.98. The molecule has 0 amide bonds. The number of benzene rings is 1. The van der Waals surface area contributed by atoms with Gasteiger partial charge in [-0.15, -0.1) is 12.4 Å². The lowest BCUT2D eigenvalue weighted by Crippen LogP contribution is -2.46. The second-order valence-electron chi connectivity index (χ2n) is 3.56. The summed E-state index contributed by atoms with van der Waals surface area (Å²) in [6.45, 7) is 0. The number of nitrogens with two attached hydrogens (primary N) is 1. The van der Waals surface area contributed by atoms with Crippen molar-refractivity contribution in [3.8, 4) is 0 Å². The minimum atomic E-state index is -5.98. The molecule has 11 heteroatoms. The number of nitro groups is 1. The molecule has 0 heterocycles. The average Bonchev–Trinajstić information content (AvgIpc) is 2.26. The summed E-state index contributed by atoms with van der Waals surface area (Å²) in [6, 6.07) is -1.85. The van der Waals surface area contributed by atoms with Crippen LogP contribution >= 0.6 is 12.4 Å². The zero-order valence-electron chi connectivity index (χ0n) is 9.33. The first-order valence-electron chi connectivity index (χ1n) is 4.62. The highest BCUT2D eigenvalue weighted by atomic mass is 35.5. The molecule has 1 rings (SSSR count). The summed E-state index contributed by atoms with van der Waals surface area (Å²) in [5, 5.41) is 10.5. The van der Waals surface area contributed by atoms with Crippen LogP contribution < -0.4 is 5.73 Å². The van der Waals surface area contributed by atoms with Crippen molar-refractivity contribution < 1.29 is 31.3 Å². The highest BCUT2D eigenvalue weighted by Gasteiger charge is 2.62. The van der Waals surface area contributed by atoms with Gasteiger partial charge in [-0.2, -0.15) is 22.0 Å². The van der Waals surface area contributed by atoms with E-state index in [1.54, 1.807) is 0 Å². The zero-order chi connectivity index (χ0) is 15.0. The van der Waals surface area contributed by atoms with Crippen LogP contribution in [0.5, 0.6) is 0 Å². The van der Waals surface area contributed by atoms with E-state index in [2.05, 4.69) is 0 Å². The topological polar surface area (TPSA) is 69.2 Å². The number of alkyl halides is 5. The van der Waals surface area contributed by atoms with Gasteiger partial charge in [-0.3, -0.25) is 10.1 Å². The smallest absolute Gasteiger partial charge is 0.318 e. The van der Waals surface area contributed by atoms with Crippen LogP contribution in [-0.4, -0.2) is 17.0 Å². The SMILES string of the molecule is Cl.N[C@H](c1ccc(F)cc1[N+](=O)[O-])C(F)(F)C(F)(F)F. The molecule has 0 aliphatic heterocycles. The largest absolute Gasteiger partial charge is 0.455 e. The number of nitrogens with zero attached hydrogens (tertiary/aromatic N) is 1. The highest BCUT2D eigenvalue weighted by molar-refractivity contribution is 5.85. The fourth-order valence-electron chi connectivity index (χ4n) is 1.31. The van der Waals surface area contributed by atoms with E-state index in [0.717, 1.165) is 0 Å². The molecular weight excluding hydrogens is 318 g/mol. The van der Waals surface area contributed by atoms with Crippen LogP contribution in [0.3, 0.4) is 0 Å². The van der Waals surface area contributed by atoms with Crippen molar-refractivity contribution in [1.29, 1.82) is 0 Å². The van der Waals surface area contributed by atoms with Crippen LogP contribution in [0.25, 0.3) is 0 Å². The highest BCUT2D eigenvalue weighted by Crippen LogP contribution is 2.45. The Hall–Kier alpha value is -1.55. The minimum Gasteiger partial charge on any atom is -0.318 e. The van der Waals surface area contributed by atoms with Gasteiger partial charge in [-0.1, -0.05) is 0 Å². The van der Waals surface area contributed by atoms with E-state index in [4.69, 9.17) is 5.73 Å². The molecule has 4 nitrogen and oxygen atoms in total. The first-order chi connectivity index (χ1) is 8.48. The fraction of sp³-hybridized carbons (Fsp3) is 0.333. The third-order valence-corrected chi connectivity index (χ3v) is 2.29. The predicted molar refractivity (Wildman–Crippen MR) is 58.2 cm³/mol. The van der Waals surface area contributed by atoms with Crippen molar-refractivity contribution in [2.45, 2.75) is 18.1 Å². The Bertz CT molecular complexity index is 508. The van der Waals surface area contributed by atoms with E-state index in [-0.39, 0.29) is 18.5 Å². The van der Waals surface area contributed by atoms with Gasteiger partial charge in [-0.05, 0) is 12.1 Å². The van der Waals surface area contributed by atoms with Crippen LogP contribution in [0, 0.1) is 15.9 Å². The van der Waals surface area contributed by atoms with Crippen molar-refractivity contribution in [3.05, 3.63) is 39.7 Å². The second kappa shape index (κ2) is 5.83. The molecule has 0 aromatic heterocycles. The van der Waals surface area contributed by atoms with E-state index in [0.29, 0.717) is 12.1 Å². The number of nitro benzene ring substituents is 1. The first kappa shape index (κ1) is 18.4. The van der Waals surface area contributed by atoms with Gasteiger partial charge in [0.2, 0.25) is 0 Å². The van der Waals surface area contributed by atoms with Gasteiger partial charge in [0.1, 0.15) is 11.9 Å². The molecule has 1 atom stereocenters. The molecule has 0 aliphatic rings. The summed E-state index contributed by atoms with van der Waals surface area (Å²) in [5.41, 5.74) is 2.41. The van der Waals surface area contributed by atoms with Crippen molar-refractivity contribution in [1.82, 2.24) is 0 Å². The normalized spacial score (nSPS) is 13.6. The summed E-state index contributed by atoms with van der Waals surface area (Å²) in [4.78, 5) is 9.23. The lowest BCUT2D eigenvalue weighted by atomic mass is 9.99. The van der Waals surface area contributed by atoms with E-state index in [9.17, 15) is 36.5 Å². The maximum absolute atomic E-state index is 13.0. The van der Waals surface area contributed by atoms with E-state index in [1.165, 1.54) is 0 Å². The molecular formula is C9H7ClF6N2O2. The van der Waals surface area contributed by atoms with Crippen LogP contribution in [0.4, 0.5) is 32.0 Å². The van der Waals surface area contributed by atoms with Crippen LogP contribution in [0.2, 0.25) is 0 Å². The molecule has 0 saturated carbocycles. The van der Waals surface area contributed by atoms with Crippen LogP contribution in [-0.2, 0) is 0 Å². The third-order valence-electron chi connectivity index (χ3n) is 2.29. The molecule has 0 fully saturated rings. The van der Waals surface area contributed by atoms with E-state index < -0.39 is 40.1 Å². The maximum atomic E-state index is 13.0. The van der Waals surface area contributed by atoms with Gasteiger partial charge >= 0.3 is 12.1 Å². The van der Waals surface area contributed by atoms with Gasteiger partial charge in [0.15, 0.2) is 0 Å². The summed E-state index contributed by atoms with van der Waals surface area (Å²) < 4.78 is 75.0. The van der Waals surface area contributed by atoms with Gasteiger partial charge in [0.05, 0.1) is 16.6 Å². The van der Waals surface area contributed by atoms with Crippen molar-refractivity contribution >= 4 is 18.1 Å². The number of rotatable bonds is 3. The van der Waals surface area contributed by atoms with Gasteiger partial charge in [-0.25, -0.2) is 4.39 Å². The molecule has 2 N–H and O–H groups in total. The Labute approximate surface area is 114 Å². The molecule has 0 aliphatic carbocycles. The molecule has 1 aromatic rings. The van der Waals surface area contributed by atoms with Crippen LogP contribution in [0.1, 0.15) is 11.6 Å². The van der Waals surface area contributed by atoms with Gasteiger partial charge in [0.25, 0.3) is 5.69 Å². The average molecular weight is 325 g/mol. The molecule has 0 spiro atoms. The first-order valence-corrected chi connectivity index (χ1v) is 4.62. The Morgan fingerprint density at radius 1 is 1.20 bits per heavy atom. The fourth-order valence-corrected chi connectivity index (χ4v) is 1.31. The Morgan fingerprint density at radius 3 is 2.10 bits per heavy atom. The maximum Gasteiger partial charge on any atom is 0.455 e. The minimum absolute atomic E-state index is 0. The van der Waals surface area contributed by atoms with Crippen molar-refractivity contribution in [3.63, 3.8) is 0 Å². The lowest BCUT2D eigenvalue weighted by Gasteiger charge is -2.25. The van der Waals surface area contributed by atoms with E-state index in [1.807, 2.05) is 0 Å². The molecule has 20 heavy (non-hydrogen) atoms.